The fraction of sp³-hybridized carbons (Fsp3) is 0.222. The van der Waals surface area contributed by atoms with Crippen molar-refractivity contribution in [3.63, 3.8) is 0 Å². The average molecular weight is 314 g/mol. The van der Waals surface area contributed by atoms with Crippen LogP contribution in [0.25, 0.3) is 0 Å². The van der Waals surface area contributed by atoms with Gasteiger partial charge in [0.05, 0.1) is 6.42 Å². The molecule has 0 aromatic heterocycles. The summed E-state index contributed by atoms with van der Waals surface area (Å²) in [5, 5.41) is 2.61. The maximum absolute atomic E-state index is 13.1. The molecule has 0 aliphatic carbocycles. The van der Waals surface area contributed by atoms with E-state index in [-0.39, 0.29) is 12.3 Å². The number of hydrogen-bond acceptors (Lipinski definition) is 2. The highest BCUT2D eigenvalue weighted by Gasteiger charge is 2.18. The van der Waals surface area contributed by atoms with Crippen molar-refractivity contribution in [1.29, 1.82) is 0 Å². The number of amides is 2. The number of carbonyl (C=O) groups is 2. The van der Waals surface area contributed by atoms with Gasteiger partial charge in [-0.2, -0.15) is 0 Å². The Kier molecular flexibility index (Phi) is 5.46. The standard InChI is InChI=1S/C18H19FN2O2/c1-12-5-7-13(8-6-12)10-16(18(20)23)21-17(22)11-14-3-2-4-15(19)9-14/h2-9,16H,10-11H2,1H3,(H2,20,23)(H,21,22)/t16-/m0/s1. The second kappa shape index (κ2) is 7.54. The first-order valence-electron chi connectivity index (χ1n) is 7.32. The van der Waals surface area contributed by atoms with Gasteiger partial charge in [0.2, 0.25) is 11.8 Å². The molecule has 2 rings (SSSR count). The van der Waals surface area contributed by atoms with Crippen LogP contribution < -0.4 is 11.1 Å². The van der Waals surface area contributed by atoms with Crippen LogP contribution in [0.15, 0.2) is 48.5 Å². The number of aryl methyl sites for hydroxylation is 1. The second-order valence-electron chi connectivity index (χ2n) is 5.52. The van der Waals surface area contributed by atoms with Crippen molar-refractivity contribution < 1.29 is 14.0 Å². The van der Waals surface area contributed by atoms with Crippen LogP contribution in [0.5, 0.6) is 0 Å². The molecule has 4 nitrogen and oxygen atoms in total. The minimum Gasteiger partial charge on any atom is -0.368 e. The Bertz CT molecular complexity index is 698. The van der Waals surface area contributed by atoms with Gasteiger partial charge in [0.25, 0.3) is 0 Å². The summed E-state index contributed by atoms with van der Waals surface area (Å²) in [5.74, 6) is -1.37. The van der Waals surface area contributed by atoms with Gasteiger partial charge in [0, 0.05) is 6.42 Å². The first-order chi connectivity index (χ1) is 10.9. The Balaban J connectivity index is 1.99. The first-order valence-corrected chi connectivity index (χ1v) is 7.32. The fourth-order valence-corrected chi connectivity index (χ4v) is 2.26. The minimum absolute atomic E-state index is 0.00453. The molecule has 23 heavy (non-hydrogen) atoms. The lowest BCUT2D eigenvalue weighted by molar-refractivity contribution is -0.127. The van der Waals surface area contributed by atoms with Crippen LogP contribution >= 0.6 is 0 Å². The summed E-state index contributed by atoms with van der Waals surface area (Å²) in [5.41, 5.74) is 7.93. The third-order valence-electron chi connectivity index (χ3n) is 3.49. The third kappa shape index (κ3) is 5.21. The summed E-state index contributed by atoms with van der Waals surface area (Å²) < 4.78 is 13.1. The predicted molar refractivity (Wildman–Crippen MR) is 86.1 cm³/mol. The Hall–Kier alpha value is -2.69. The maximum Gasteiger partial charge on any atom is 0.240 e. The Morgan fingerprint density at radius 2 is 1.83 bits per heavy atom. The van der Waals surface area contributed by atoms with E-state index in [1.54, 1.807) is 6.07 Å². The smallest absolute Gasteiger partial charge is 0.240 e. The molecule has 0 heterocycles. The summed E-state index contributed by atoms with van der Waals surface area (Å²) in [6, 6.07) is 12.7. The normalized spacial score (nSPS) is 11.7. The van der Waals surface area contributed by atoms with Crippen molar-refractivity contribution >= 4 is 11.8 Å². The first kappa shape index (κ1) is 16.7. The lowest BCUT2D eigenvalue weighted by Gasteiger charge is -2.16. The summed E-state index contributed by atoms with van der Waals surface area (Å²) >= 11 is 0. The Morgan fingerprint density at radius 1 is 1.13 bits per heavy atom. The Morgan fingerprint density at radius 3 is 2.43 bits per heavy atom. The SMILES string of the molecule is Cc1ccc(C[C@H](NC(=O)Cc2cccc(F)c2)C(N)=O)cc1. The molecule has 0 unspecified atom stereocenters. The van der Waals surface area contributed by atoms with Crippen LogP contribution in [0.1, 0.15) is 16.7 Å². The number of primary amides is 1. The molecule has 0 spiro atoms. The van der Waals surface area contributed by atoms with E-state index in [1.165, 1.54) is 18.2 Å². The van der Waals surface area contributed by atoms with Crippen molar-refractivity contribution in [2.75, 3.05) is 0 Å². The molecule has 0 fully saturated rings. The molecule has 3 N–H and O–H groups in total. The fourth-order valence-electron chi connectivity index (χ4n) is 2.26. The largest absolute Gasteiger partial charge is 0.368 e. The van der Waals surface area contributed by atoms with Crippen LogP contribution in [0.4, 0.5) is 4.39 Å². The highest BCUT2D eigenvalue weighted by Crippen LogP contribution is 2.08. The van der Waals surface area contributed by atoms with Gasteiger partial charge in [-0.15, -0.1) is 0 Å². The molecule has 120 valence electrons. The van der Waals surface area contributed by atoms with Gasteiger partial charge < -0.3 is 11.1 Å². The number of rotatable bonds is 6. The lowest BCUT2D eigenvalue weighted by Crippen LogP contribution is -2.46. The van der Waals surface area contributed by atoms with Crippen molar-refractivity contribution in [1.82, 2.24) is 5.32 Å². The van der Waals surface area contributed by atoms with Gasteiger partial charge in [-0.05, 0) is 30.2 Å². The zero-order valence-electron chi connectivity index (χ0n) is 12.9. The zero-order valence-corrected chi connectivity index (χ0v) is 12.9. The summed E-state index contributed by atoms with van der Waals surface area (Å²) in [7, 11) is 0. The molecule has 1 atom stereocenters. The number of nitrogens with one attached hydrogen (secondary N) is 1. The van der Waals surface area contributed by atoms with E-state index in [4.69, 9.17) is 5.73 Å². The molecular weight excluding hydrogens is 295 g/mol. The number of nitrogens with two attached hydrogens (primary N) is 1. The molecule has 2 aromatic carbocycles. The molecule has 5 heteroatoms. The number of carbonyl (C=O) groups excluding carboxylic acids is 2. The quantitative estimate of drug-likeness (QED) is 0.854. The van der Waals surface area contributed by atoms with E-state index in [1.807, 2.05) is 31.2 Å². The van der Waals surface area contributed by atoms with E-state index in [2.05, 4.69) is 5.32 Å². The minimum atomic E-state index is -0.793. The topological polar surface area (TPSA) is 72.2 Å². The zero-order chi connectivity index (χ0) is 16.8. The molecule has 0 aliphatic heterocycles. The van der Waals surface area contributed by atoms with Gasteiger partial charge in [-0.3, -0.25) is 9.59 Å². The van der Waals surface area contributed by atoms with Crippen LogP contribution in [-0.2, 0) is 22.4 Å². The van der Waals surface area contributed by atoms with Crippen LogP contribution in [0, 0.1) is 12.7 Å². The van der Waals surface area contributed by atoms with Crippen LogP contribution in [0.2, 0.25) is 0 Å². The number of hydrogen-bond donors (Lipinski definition) is 2. The molecule has 0 saturated heterocycles. The summed E-state index contributed by atoms with van der Waals surface area (Å²) in [4.78, 5) is 23.6. The lowest BCUT2D eigenvalue weighted by atomic mass is 10.0. The van der Waals surface area contributed by atoms with E-state index in [0.717, 1.165) is 11.1 Å². The van der Waals surface area contributed by atoms with Crippen molar-refractivity contribution in [3.05, 3.63) is 71.0 Å². The third-order valence-corrected chi connectivity index (χ3v) is 3.49. The Labute approximate surface area is 134 Å². The number of benzene rings is 2. The predicted octanol–water partition coefficient (Wildman–Crippen LogP) is 1.89. The van der Waals surface area contributed by atoms with Gasteiger partial charge in [-0.25, -0.2) is 4.39 Å². The molecule has 0 bridgehead atoms. The van der Waals surface area contributed by atoms with Crippen molar-refractivity contribution in [2.45, 2.75) is 25.8 Å². The van der Waals surface area contributed by atoms with E-state index in [0.29, 0.717) is 12.0 Å². The highest BCUT2D eigenvalue weighted by molar-refractivity contribution is 5.87. The van der Waals surface area contributed by atoms with Gasteiger partial charge in [0.1, 0.15) is 11.9 Å². The molecule has 0 aliphatic rings. The monoisotopic (exact) mass is 314 g/mol. The van der Waals surface area contributed by atoms with Crippen LogP contribution in [0.3, 0.4) is 0 Å². The second-order valence-corrected chi connectivity index (χ2v) is 5.52. The number of halogens is 1. The molecule has 0 saturated carbocycles. The molecule has 0 radical (unpaired) electrons. The molecule has 2 amide bonds. The van der Waals surface area contributed by atoms with E-state index < -0.39 is 17.8 Å². The summed E-state index contributed by atoms with van der Waals surface area (Å²) in [6.45, 7) is 1.97. The average Bonchev–Trinajstić information content (AvgIpc) is 2.48. The molecule has 2 aromatic rings. The molecular formula is C18H19FN2O2. The van der Waals surface area contributed by atoms with Crippen molar-refractivity contribution in [3.8, 4) is 0 Å². The summed E-state index contributed by atoms with van der Waals surface area (Å²) in [6.07, 6.45) is 0.319. The van der Waals surface area contributed by atoms with Gasteiger partial charge >= 0.3 is 0 Å². The van der Waals surface area contributed by atoms with E-state index >= 15 is 0 Å². The highest BCUT2D eigenvalue weighted by atomic mass is 19.1. The van der Waals surface area contributed by atoms with Gasteiger partial charge in [0.15, 0.2) is 0 Å². The maximum atomic E-state index is 13.1. The van der Waals surface area contributed by atoms with E-state index in [9.17, 15) is 14.0 Å². The van der Waals surface area contributed by atoms with Crippen molar-refractivity contribution in [2.24, 2.45) is 5.73 Å². The van der Waals surface area contributed by atoms with Crippen LogP contribution in [-0.4, -0.2) is 17.9 Å². The van der Waals surface area contributed by atoms with Gasteiger partial charge in [-0.1, -0.05) is 42.0 Å².